The maximum absolute atomic E-state index is 14.1. The summed E-state index contributed by atoms with van der Waals surface area (Å²) in [5.74, 6) is -1.32. The molecule has 0 saturated carbocycles. The topological polar surface area (TPSA) is 64.6 Å². The molecule has 0 radical (unpaired) electrons. The Balaban J connectivity index is 1.53. The van der Waals surface area contributed by atoms with Crippen molar-refractivity contribution in [3.05, 3.63) is 161 Å². The molecule has 1 atom stereocenters. The van der Waals surface area contributed by atoms with Gasteiger partial charge in [-0.25, -0.2) is 4.79 Å². The molecule has 41 heavy (non-hydrogen) atoms. The number of fused-ring (bicyclic) bond motifs is 3. The Morgan fingerprint density at radius 1 is 0.756 bits per heavy atom. The monoisotopic (exact) mass is 539 g/mol. The Kier molecular flexibility index (Phi) is 7.33. The van der Waals surface area contributed by atoms with E-state index in [1.165, 1.54) is 0 Å². The third-order valence-electron chi connectivity index (χ3n) is 7.36. The fourth-order valence-electron chi connectivity index (χ4n) is 5.56. The van der Waals surface area contributed by atoms with Crippen LogP contribution in [0.15, 0.2) is 139 Å². The van der Waals surface area contributed by atoms with Crippen molar-refractivity contribution < 1.29 is 19.1 Å². The Morgan fingerprint density at radius 3 is 1.98 bits per heavy atom. The van der Waals surface area contributed by atoms with E-state index in [9.17, 15) is 9.59 Å². The second kappa shape index (κ2) is 11.5. The van der Waals surface area contributed by atoms with E-state index in [0.29, 0.717) is 5.75 Å². The van der Waals surface area contributed by atoms with Gasteiger partial charge in [0.15, 0.2) is 0 Å². The molecule has 1 aliphatic rings. The van der Waals surface area contributed by atoms with Crippen LogP contribution in [0.2, 0.25) is 0 Å². The van der Waals surface area contributed by atoms with Crippen molar-refractivity contribution >= 4 is 22.6 Å². The van der Waals surface area contributed by atoms with Crippen molar-refractivity contribution in [3.8, 4) is 5.75 Å². The van der Waals surface area contributed by atoms with Crippen LogP contribution in [-0.2, 0) is 14.3 Å². The lowest BCUT2D eigenvalue weighted by Gasteiger charge is -2.31. The number of hydrogen-bond acceptors (Lipinski definition) is 4. The van der Waals surface area contributed by atoms with E-state index in [4.69, 9.17) is 9.47 Å². The van der Waals surface area contributed by atoms with Crippen LogP contribution < -0.4 is 10.1 Å². The van der Waals surface area contributed by atoms with E-state index < -0.39 is 17.8 Å². The second-order valence-electron chi connectivity index (χ2n) is 9.85. The largest absolute Gasteiger partial charge is 0.462 e. The van der Waals surface area contributed by atoms with Crippen LogP contribution in [0.5, 0.6) is 5.75 Å². The molecule has 0 bridgehead atoms. The number of benzene rings is 5. The van der Waals surface area contributed by atoms with Gasteiger partial charge in [0.2, 0.25) is 11.8 Å². The van der Waals surface area contributed by atoms with Crippen LogP contribution in [-0.4, -0.2) is 18.5 Å². The number of esters is 1. The van der Waals surface area contributed by atoms with Crippen LogP contribution >= 0.6 is 0 Å². The van der Waals surface area contributed by atoms with Gasteiger partial charge >= 0.3 is 5.97 Å². The Hall–Kier alpha value is -5.16. The van der Waals surface area contributed by atoms with E-state index in [0.717, 1.165) is 33.0 Å². The van der Waals surface area contributed by atoms with Crippen LogP contribution in [0.4, 0.5) is 0 Å². The SMILES string of the molecule is CCOC(=O)C1=C(NC(=O)C(c2ccccc2)c2ccccc2)Oc2ccc3ccccc3c2C1c1ccccc1. The summed E-state index contributed by atoms with van der Waals surface area (Å²) in [6.45, 7) is 1.95. The maximum atomic E-state index is 14.1. The standard InChI is InChI=1S/C36H29NO4/c1-2-40-36(39)33-31(27-19-10-5-11-20-27)32-28-21-13-12-14-24(28)22-23-29(32)41-35(33)37-34(38)30(25-15-6-3-7-16-25)26-17-8-4-9-18-26/h3-23,30-31H,2H2,1H3,(H,37,38). The normalized spacial score (nSPS) is 14.3. The molecule has 0 aliphatic carbocycles. The highest BCUT2D eigenvalue weighted by atomic mass is 16.5. The van der Waals surface area contributed by atoms with E-state index in [2.05, 4.69) is 5.32 Å². The summed E-state index contributed by atoms with van der Waals surface area (Å²) in [5.41, 5.74) is 3.67. The van der Waals surface area contributed by atoms with Crippen LogP contribution in [0.1, 0.15) is 41.0 Å². The fourth-order valence-corrected chi connectivity index (χ4v) is 5.56. The first-order chi connectivity index (χ1) is 20.2. The Morgan fingerprint density at radius 2 is 1.34 bits per heavy atom. The zero-order valence-electron chi connectivity index (χ0n) is 22.6. The number of rotatable bonds is 7. The number of ether oxygens (including phenoxy) is 2. The molecule has 5 aromatic carbocycles. The van der Waals surface area contributed by atoms with Crippen molar-refractivity contribution in [3.63, 3.8) is 0 Å². The molecule has 0 aromatic heterocycles. The number of amides is 1. The molecule has 1 N–H and O–H groups in total. The summed E-state index contributed by atoms with van der Waals surface area (Å²) in [7, 11) is 0. The lowest BCUT2D eigenvalue weighted by molar-refractivity contribution is -0.139. The molecule has 0 spiro atoms. The third kappa shape index (κ3) is 5.10. The van der Waals surface area contributed by atoms with Crippen LogP contribution in [0, 0.1) is 0 Å². The lowest BCUT2D eigenvalue weighted by atomic mass is 9.80. The second-order valence-corrected chi connectivity index (χ2v) is 9.85. The summed E-state index contributed by atoms with van der Waals surface area (Å²) < 4.78 is 12.0. The Labute approximate surface area is 239 Å². The average Bonchev–Trinajstić information content (AvgIpc) is 3.02. The molecule has 6 rings (SSSR count). The lowest BCUT2D eigenvalue weighted by Crippen LogP contribution is -2.36. The van der Waals surface area contributed by atoms with Gasteiger partial charge in [-0.05, 0) is 40.5 Å². The number of hydrogen-bond donors (Lipinski definition) is 1. The summed E-state index contributed by atoms with van der Waals surface area (Å²) in [6.07, 6.45) is 0. The van der Waals surface area contributed by atoms with Crippen molar-refractivity contribution in [1.82, 2.24) is 5.32 Å². The molecular formula is C36H29NO4. The van der Waals surface area contributed by atoms with Crippen LogP contribution in [0.25, 0.3) is 10.8 Å². The van der Waals surface area contributed by atoms with Gasteiger partial charge in [-0.3, -0.25) is 10.1 Å². The zero-order valence-corrected chi connectivity index (χ0v) is 22.6. The van der Waals surface area contributed by atoms with Crippen molar-refractivity contribution in [1.29, 1.82) is 0 Å². The smallest absolute Gasteiger partial charge is 0.340 e. The Bertz CT molecular complexity index is 1690. The molecule has 1 amide bonds. The highest BCUT2D eigenvalue weighted by molar-refractivity contribution is 5.98. The van der Waals surface area contributed by atoms with Crippen molar-refractivity contribution in [2.45, 2.75) is 18.8 Å². The minimum absolute atomic E-state index is 0.0851. The van der Waals surface area contributed by atoms with E-state index in [-0.39, 0.29) is 24.0 Å². The minimum atomic E-state index is -0.620. The van der Waals surface area contributed by atoms with Gasteiger partial charge in [0.25, 0.3) is 0 Å². The molecule has 202 valence electrons. The quantitative estimate of drug-likeness (QED) is 0.224. The molecule has 1 aliphatic heterocycles. The van der Waals surface area contributed by atoms with Gasteiger partial charge < -0.3 is 9.47 Å². The zero-order chi connectivity index (χ0) is 28.2. The molecular weight excluding hydrogens is 510 g/mol. The molecule has 5 heteroatoms. The molecule has 1 unspecified atom stereocenters. The van der Waals surface area contributed by atoms with Crippen LogP contribution in [0.3, 0.4) is 0 Å². The number of nitrogens with one attached hydrogen (secondary N) is 1. The van der Waals surface area contributed by atoms with E-state index in [1.54, 1.807) is 6.92 Å². The number of carbonyl (C=O) groups is 2. The first kappa shape index (κ1) is 26.1. The van der Waals surface area contributed by atoms with Crippen molar-refractivity contribution in [2.75, 3.05) is 6.61 Å². The summed E-state index contributed by atoms with van der Waals surface area (Å²) in [5, 5.41) is 5.01. The molecule has 1 heterocycles. The average molecular weight is 540 g/mol. The predicted octanol–water partition coefficient (Wildman–Crippen LogP) is 7.09. The van der Waals surface area contributed by atoms with Gasteiger partial charge in [0.05, 0.1) is 18.4 Å². The molecule has 0 fully saturated rings. The van der Waals surface area contributed by atoms with Gasteiger partial charge in [-0.1, -0.05) is 121 Å². The molecule has 5 aromatic rings. The molecule has 5 nitrogen and oxygen atoms in total. The summed E-state index contributed by atoms with van der Waals surface area (Å²) in [4.78, 5) is 27.8. The molecule has 0 saturated heterocycles. The number of carbonyl (C=O) groups excluding carboxylic acids is 2. The predicted molar refractivity (Wildman–Crippen MR) is 159 cm³/mol. The van der Waals surface area contributed by atoms with Crippen molar-refractivity contribution in [2.24, 2.45) is 0 Å². The third-order valence-corrected chi connectivity index (χ3v) is 7.36. The first-order valence-corrected chi connectivity index (χ1v) is 13.7. The maximum Gasteiger partial charge on any atom is 0.340 e. The fraction of sp³-hybridized carbons (Fsp3) is 0.111. The highest BCUT2D eigenvalue weighted by Gasteiger charge is 2.39. The van der Waals surface area contributed by atoms with Gasteiger partial charge in [0.1, 0.15) is 11.3 Å². The minimum Gasteiger partial charge on any atom is -0.462 e. The van der Waals surface area contributed by atoms with Gasteiger partial charge in [-0.15, -0.1) is 0 Å². The van der Waals surface area contributed by atoms with E-state index >= 15 is 0 Å². The summed E-state index contributed by atoms with van der Waals surface area (Å²) >= 11 is 0. The summed E-state index contributed by atoms with van der Waals surface area (Å²) in [6, 6.07) is 40.9. The van der Waals surface area contributed by atoms with Gasteiger partial charge in [-0.2, -0.15) is 0 Å². The first-order valence-electron chi connectivity index (χ1n) is 13.7. The van der Waals surface area contributed by atoms with Gasteiger partial charge in [0, 0.05) is 5.56 Å². The highest BCUT2D eigenvalue weighted by Crippen LogP contribution is 2.46. The van der Waals surface area contributed by atoms with E-state index in [1.807, 2.05) is 127 Å².